The molecule has 1 amide bonds. The summed E-state index contributed by atoms with van der Waals surface area (Å²) in [6.07, 6.45) is 1.62. The summed E-state index contributed by atoms with van der Waals surface area (Å²) in [6, 6.07) is 6.92. The van der Waals surface area contributed by atoms with Crippen LogP contribution in [0.15, 0.2) is 30.0 Å². The first-order valence-electron chi connectivity index (χ1n) is 7.85. The number of anilines is 1. The Hall–Kier alpha value is -1.70. The van der Waals surface area contributed by atoms with Gasteiger partial charge in [0.1, 0.15) is 11.6 Å². The van der Waals surface area contributed by atoms with Gasteiger partial charge in [0.25, 0.3) is 5.91 Å². The number of benzene rings is 1. The largest absolute Gasteiger partial charge is 0.376 e. The van der Waals surface area contributed by atoms with E-state index < -0.39 is 5.91 Å². The standard InChI is InChI=1S/C18H23Cl2N3O/c1-12(2)9-23(10-13(3)4)11-14(8-21)18(24)22-16-7-5-6-15(19)17(16)20/h5-7,11-13H,9-10H2,1-4H3,(H,22,24)/b14-11-. The molecule has 0 unspecified atom stereocenters. The van der Waals surface area contributed by atoms with Gasteiger partial charge in [0, 0.05) is 19.3 Å². The second-order valence-electron chi connectivity index (χ2n) is 6.45. The zero-order valence-corrected chi connectivity index (χ0v) is 15.9. The summed E-state index contributed by atoms with van der Waals surface area (Å²) < 4.78 is 0. The molecule has 1 aromatic rings. The molecular formula is C18H23Cl2N3O. The third-order valence-corrected chi connectivity index (χ3v) is 3.89. The van der Waals surface area contributed by atoms with Gasteiger partial charge < -0.3 is 10.2 Å². The lowest BCUT2D eigenvalue weighted by molar-refractivity contribution is -0.112. The molecule has 24 heavy (non-hydrogen) atoms. The van der Waals surface area contributed by atoms with E-state index in [2.05, 4.69) is 33.0 Å². The Balaban J connectivity index is 2.98. The molecule has 0 saturated heterocycles. The Morgan fingerprint density at radius 2 is 1.83 bits per heavy atom. The Morgan fingerprint density at radius 3 is 2.33 bits per heavy atom. The summed E-state index contributed by atoms with van der Waals surface area (Å²) in [6.45, 7) is 9.93. The van der Waals surface area contributed by atoms with Gasteiger partial charge in [0.15, 0.2) is 0 Å². The van der Waals surface area contributed by atoms with Gasteiger partial charge in [-0.3, -0.25) is 4.79 Å². The molecule has 1 N–H and O–H groups in total. The van der Waals surface area contributed by atoms with Crippen molar-refractivity contribution in [1.82, 2.24) is 4.90 Å². The Morgan fingerprint density at radius 1 is 1.25 bits per heavy atom. The Kier molecular flexibility index (Phi) is 8.10. The molecule has 4 nitrogen and oxygen atoms in total. The van der Waals surface area contributed by atoms with Crippen molar-refractivity contribution in [2.45, 2.75) is 27.7 Å². The lowest BCUT2D eigenvalue weighted by Crippen LogP contribution is -2.28. The summed E-state index contributed by atoms with van der Waals surface area (Å²) in [5.41, 5.74) is 0.418. The molecule has 0 aromatic heterocycles. The van der Waals surface area contributed by atoms with Crippen LogP contribution in [-0.2, 0) is 4.79 Å². The van der Waals surface area contributed by atoms with Gasteiger partial charge in [0.05, 0.1) is 15.7 Å². The minimum atomic E-state index is -0.501. The van der Waals surface area contributed by atoms with E-state index in [1.54, 1.807) is 24.4 Å². The normalized spacial score (nSPS) is 11.5. The van der Waals surface area contributed by atoms with E-state index in [0.29, 0.717) is 22.5 Å². The number of hydrogen-bond donors (Lipinski definition) is 1. The molecule has 130 valence electrons. The fraction of sp³-hybridized carbons (Fsp3) is 0.444. The first-order valence-corrected chi connectivity index (χ1v) is 8.61. The predicted octanol–water partition coefficient (Wildman–Crippen LogP) is 4.95. The lowest BCUT2D eigenvalue weighted by Gasteiger charge is -2.25. The molecule has 0 atom stereocenters. The highest BCUT2D eigenvalue weighted by atomic mass is 35.5. The van der Waals surface area contributed by atoms with Gasteiger partial charge in [-0.2, -0.15) is 5.26 Å². The summed E-state index contributed by atoms with van der Waals surface area (Å²) in [4.78, 5) is 14.4. The second-order valence-corrected chi connectivity index (χ2v) is 7.24. The van der Waals surface area contributed by atoms with Crippen LogP contribution in [-0.4, -0.2) is 23.9 Å². The average molecular weight is 368 g/mol. The van der Waals surface area contributed by atoms with Crippen molar-refractivity contribution in [3.63, 3.8) is 0 Å². The predicted molar refractivity (Wildman–Crippen MR) is 100 cm³/mol. The van der Waals surface area contributed by atoms with Crippen molar-refractivity contribution in [3.05, 3.63) is 40.0 Å². The minimum Gasteiger partial charge on any atom is -0.376 e. The van der Waals surface area contributed by atoms with E-state index in [9.17, 15) is 10.1 Å². The molecule has 0 spiro atoms. The third-order valence-electron chi connectivity index (χ3n) is 3.08. The first kappa shape index (κ1) is 20.3. The monoisotopic (exact) mass is 367 g/mol. The van der Waals surface area contributed by atoms with Crippen LogP contribution in [0, 0.1) is 23.2 Å². The molecule has 0 aliphatic heterocycles. The topological polar surface area (TPSA) is 56.1 Å². The molecule has 6 heteroatoms. The highest BCUT2D eigenvalue weighted by molar-refractivity contribution is 6.44. The Bertz CT molecular complexity index is 638. The van der Waals surface area contributed by atoms with Gasteiger partial charge in [-0.05, 0) is 24.0 Å². The molecule has 0 heterocycles. The number of amides is 1. The summed E-state index contributed by atoms with van der Waals surface area (Å²) in [5, 5.41) is 12.6. The summed E-state index contributed by atoms with van der Waals surface area (Å²) in [5.74, 6) is 0.343. The summed E-state index contributed by atoms with van der Waals surface area (Å²) >= 11 is 12.0. The maximum absolute atomic E-state index is 12.4. The fourth-order valence-corrected chi connectivity index (χ4v) is 2.58. The maximum Gasteiger partial charge on any atom is 0.267 e. The van der Waals surface area contributed by atoms with E-state index in [1.165, 1.54) is 0 Å². The van der Waals surface area contributed by atoms with Gasteiger partial charge in [-0.1, -0.05) is 57.0 Å². The second kappa shape index (κ2) is 9.56. The number of nitrogens with zero attached hydrogens (tertiary/aromatic N) is 2. The molecule has 1 rings (SSSR count). The van der Waals surface area contributed by atoms with Crippen LogP contribution in [0.1, 0.15) is 27.7 Å². The number of carbonyl (C=O) groups is 1. The first-order chi connectivity index (χ1) is 11.2. The van der Waals surface area contributed by atoms with Crippen molar-refractivity contribution in [2.75, 3.05) is 18.4 Å². The Labute approximate surface area is 154 Å². The number of hydrogen-bond acceptors (Lipinski definition) is 3. The van der Waals surface area contributed by atoms with Gasteiger partial charge in [-0.15, -0.1) is 0 Å². The van der Waals surface area contributed by atoms with E-state index in [-0.39, 0.29) is 10.6 Å². The van der Waals surface area contributed by atoms with Crippen LogP contribution < -0.4 is 5.32 Å². The zero-order valence-electron chi connectivity index (χ0n) is 14.4. The number of nitriles is 1. The van der Waals surface area contributed by atoms with Crippen LogP contribution in [0.25, 0.3) is 0 Å². The fourth-order valence-electron chi connectivity index (χ4n) is 2.23. The van der Waals surface area contributed by atoms with E-state index in [0.717, 1.165) is 13.1 Å². The van der Waals surface area contributed by atoms with Gasteiger partial charge in [-0.25, -0.2) is 0 Å². The van der Waals surface area contributed by atoms with Crippen LogP contribution in [0.4, 0.5) is 5.69 Å². The van der Waals surface area contributed by atoms with Gasteiger partial charge >= 0.3 is 0 Å². The van der Waals surface area contributed by atoms with E-state index >= 15 is 0 Å². The third kappa shape index (κ3) is 6.43. The molecule has 0 fully saturated rings. The van der Waals surface area contributed by atoms with Crippen molar-refractivity contribution < 1.29 is 4.79 Å². The average Bonchev–Trinajstić information content (AvgIpc) is 2.47. The van der Waals surface area contributed by atoms with Gasteiger partial charge in [0.2, 0.25) is 0 Å². The molecule has 1 aromatic carbocycles. The molecule has 0 aliphatic carbocycles. The molecule has 0 bridgehead atoms. The summed E-state index contributed by atoms with van der Waals surface area (Å²) in [7, 11) is 0. The molecule has 0 radical (unpaired) electrons. The van der Waals surface area contributed by atoms with Crippen LogP contribution >= 0.6 is 23.2 Å². The van der Waals surface area contributed by atoms with Crippen molar-refractivity contribution in [1.29, 1.82) is 5.26 Å². The number of nitrogens with one attached hydrogen (secondary N) is 1. The zero-order chi connectivity index (χ0) is 18.3. The highest BCUT2D eigenvalue weighted by Crippen LogP contribution is 2.29. The molecule has 0 aliphatic rings. The van der Waals surface area contributed by atoms with Crippen molar-refractivity contribution in [2.24, 2.45) is 11.8 Å². The molecular weight excluding hydrogens is 345 g/mol. The quantitative estimate of drug-likeness (QED) is 0.547. The minimum absolute atomic E-state index is 0.0346. The smallest absolute Gasteiger partial charge is 0.267 e. The van der Waals surface area contributed by atoms with Crippen molar-refractivity contribution in [3.8, 4) is 6.07 Å². The van der Waals surface area contributed by atoms with E-state index in [4.69, 9.17) is 23.2 Å². The van der Waals surface area contributed by atoms with E-state index in [1.807, 2.05) is 11.0 Å². The number of rotatable bonds is 7. The maximum atomic E-state index is 12.4. The number of halogens is 2. The van der Waals surface area contributed by atoms with Crippen LogP contribution in [0.3, 0.4) is 0 Å². The number of carbonyl (C=O) groups excluding carboxylic acids is 1. The highest BCUT2D eigenvalue weighted by Gasteiger charge is 2.15. The lowest BCUT2D eigenvalue weighted by atomic mass is 10.1. The molecule has 0 saturated carbocycles. The van der Waals surface area contributed by atoms with Crippen LogP contribution in [0.2, 0.25) is 10.0 Å². The SMILES string of the molecule is CC(C)CN(/C=C(/C#N)C(=O)Nc1cccc(Cl)c1Cl)CC(C)C. The van der Waals surface area contributed by atoms with Crippen molar-refractivity contribution >= 4 is 34.8 Å². The van der Waals surface area contributed by atoms with Crippen LogP contribution in [0.5, 0.6) is 0 Å².